The van der Waals surface area contributed by atoms with E-state index in [0.29, 0.717) is 0 Å². The van der Waals surface area contributed by atoms with E-state index in [0.717, 1.165) is 36.9 Å². The number of rotatable bonds is 4. The van der Waals surface area contributed by atoms with Gasteiger partial charge < -0.3 is 14.8 Å². The Morgan fingerprint density at radius 1 is 1.12 bits per heavy atom. The largest absolute Gasteiger partial charge is 0.493 e. The van der Waals surface area contributed by atoms with Gasteiger partial charge in [-0.25, -0.2) is 0 Å². The second-order valence-corrected chi connectivity index (χ2v) is 4.59. The minimum atomic E-state index is 0.800. The van der Waals surface area contributed by atoms with Gasteiger partial charge in [0.15, 0.2) is 11.5 Å². The molecule has 0 spiro atoms. The summed E-state index contributed by atoms with van der Waals surface area (Å²) >= 11 is 0. The van der Waals surface area contributed by atoms with Crippen LogP contribution >= 0.6 is 0 Å². The molecule has 0 unspecified atom stereocenters. The molecule has 1 aliphatic rings. The summed E-state index contributed by atoms with van der Waals surface area (Å²) in [6.07, 6.45) is 3.69. The van der Waals surface area contributed by atoms with Gasteiger partial charge in [-0.15, -0.1) is 0 Å². The Morgan fingerprint density at radius 2 is 1.82 bits per heavy atom. The van der Waals surface area contributed by atoms with Crippen molar-refractivity contribution in [2.75, 3.05) is 27.3 Å². The van der Waals surface area contributed by atoms with Gasteiger partial charge >= 0.3 is 0 Å². The predicted molar refractivity (Wildman–Crippen MR) is 68.8 cm³/mol. The summed E-state index contributed by atoms with van der Waals surface area (Å²) in [4.78, 5) is 0. The van der Waals surface area contributed by atoms with Gasteiger partial charge in [0.25, 0.3) is 0 Å². The number of benzene rings is 1. The first-order chi connectivity index (χ1) is 8.33. The molecule has 94 valence electrons. The van der Waals surface area contributed by atoms with Crippen LogP contribution in [0.5, 0.6) is 11.5 Å². The van der Waals surface area contributed by atoms with Crippen molar-refractivity contribution in [3.8, 4) is 11.5 Å². The normalized spacial score (nSPS) is 16.8. The first-order valence-electron chi connectivity index (χ1n) is 6.25. The van der Waals surface area contributed by atoms with Crippen molar-refractivity contribution in [2.45, 2.75) is 19.3 Å². The Morgan fingerprint density at radius 3 is 2.47 bits per heavy atom. The monoisotopic (exact) mass is 235 g/mol. The zero-order chi connectivity index (χ0) is 12.1. The average molecular weight is 235 g/mol. The van der Waals surface area contributed by atoms with E-state index >= 15 is 0 Å². The van der Waals surface area contributed by atoms with Crippen LogP contribution in [-0.4, -0.2) is 27.3 Å². The summed E-state index contributed by atoms with van der Waals surface area (Å²) in [5.41, 5.74) is 1.34. The van der Waals surface area contributed by atoms with Crippen LogP contribution in [0.4, 0.5) is 0 Å². The Hall–Kier alpha value is -1.22. The fraction of sp³-hybridized carbons (Fsp3) is 0.571. The highest BCUT2D eigenvalue weighted by molar-refractivity contribution is 5.43. The third-order valence-corrected chi connectivity index (χ3v) is 3.43. The van der Waals surface area contributed by atoms with E-state index in [1.807, 2.05) is 6.07 Å². The number of hydrogen-bond donors (Lipinski definition) is 1. The van der Waals surface area contributed by atoms with E-state index in [9.17, 15) is 0 Å². The number of ether oxygens (including phenoxy) is 2. The molecule has 1 aliphatic heterocycles. The molecule has 0 amide bonds. The van der Waals surface area contributed by atoms with E-state index in [-0.39, 0.29) is 0 Å². The van der Waals surface area contributed by atoms with Crippen molar-refractivity contribution in [3.63, 3.8) is 0 Å². The zero-order valence-electron chi connectivity index (χ0n) is 10.7. The van der Waals surface area contributed by atoms with Crippen molar-refractivity contribution in [1.82, 2.24) is 5.32 Å². The molecule has 1 aromatic rings. The lowest BCUT2D eigenvalue weighted by Crippen LogP contribution is -2.28. The van der Waals surface area contributed by atoms with Crippen LogP contribution in [0.3, 0.4) is 0 Å². The molecule has 1 heterocycles. The minimum absolute atomic E-state index is 0.800. The average Bonchev–Trinajstić information content (AvgIpc) is 2.40. The zero-order valence-corrected chi connectivity index (χ0v) is 10.7. The SMILES string of the molecule is COc1ccc(CC2CCNCC2)cc1OC. The molecule has 1 saturated heterocycles. The summed E-state index contributed by atoms with van der Waals surface area (Å²) < 4.78 is 10.6. The maximum absolute atomic E-state index is 5.33. The van der Waals surface area contributed by atoms with Crippen LogP contribution in [0.25, 0.3) is 0 Å². The molecule has 2 rings (SSSR count). The van der Waals surface area contributed by atoms with Crippen molar-refractivity contribution in [1.29, 1.82) is 0 Å². The van der Waals surface area contributed by atoms with Gasteiger partial charge in [0.05, 0.1) is 14.2 Å². The predicted octanol–water partition coefficient (Wildman–Crippen LogP) is 2.25. The van der Waals surface area contributed by atoms with Gasteiger partial charge in [0.1, 0.15) is 0 Å². The molecule has 17 heavy (non-hydrogen) atoms. The van der Waals surface area contributed by atoms with E-state index in [4.69, 9.17) is 9.47 Å². The summed E-state index contributed by atoms with van der Waals surface area (Å²) in [6, 6.07) is 6.24. The van der Waals surface area contributed by atoms with E-state index < -0.39 is 0 Å². The van der Waals surface area contributed by atoms with Crippen LogP contribution in [-0.2, 0) is 6.42 Å². The van der Waals surface area contributed by atoms with Gasteiger partial charge in [-0.1, -0.05) is 6.07 Å². The third kappa shape index (κ3) is 3.13. The molecule has 1 aromatic carbocycles. The molecule has 3 heteroatoms. The molecule has 1 fully saturated rings. The first-order valence-corrected chi connectivity index (χ1v) is 6.25. The maximum atomic E-state index is 5.33. The smallest absolute Gasteiger partial charge is 0.160 e. The van der Waals surface area contributed by atoms with Gasteiger partial charge in [0, 0.05) is 0 Å². The lowest BCUT2D eigenvalue weighted by molar-refractivity contribution is 0.351. The fourth-order valence-electron chi connectivity index (χ4n) is 2.43. The molecule has 0 aliphatic carbocycles. The topological polar surface area (TPSA) is 30.5 Å². The molecule has 0 bridgehead atoms. The first kappa shape index (κ1) is 12.2. The summed E-state index contributed by atoms with van der Waals surface area (Å²) in [5.74, 6) is 2.44. The van der Waals surface area contributed by atoms with Gasteiger partial charge in [-0.2, -0.15) is 0 Å². The van der Waals surface area contributed by atoms with Crippen LogP contribution < -0.4 is 14.8 Å². The highest BCUT2D eigenvalue weighted by Crippen LogP contribution is 2.29. The van der Waals surface area contributed by atoms with Crippen molar-refractivity contribution in [2.24, 2.45) is 5.92 Å². The molecule has 0 radical (unpaired) electrons. The van der Waals surface area contributed by atoms with Gasteiger partial charge in [-0.3, -0.25) is 0 Å². The molecule has 3 nitrogen and oxygen atoms in total. The standard InChI is InChI=1S/C14H21NO2/c1-16-13-4-3-12(10-14(13)17-2)9-11-5-7-15-8-6-11/h3-4,10-11,15H,5-9H2,1-2H3. The Balaban J connectivity index is 2.05. The number of hydrogen-bond acceptors (Lipinski definition) is 3. The highest BCUT2D eigenvalue weighted by atomic mass is 16.5. The molecular weight excluding hydrogens is 214 g/mol. The molecule has 0 aromatic heterocycles. The molecule has 0 saturated carbocycles. The molecule has 1 N–H and O–H groups in total. The van der Waals surface area contributed by atoms with Crippen LogP contribution in [0.2, 0.25) is 0 Å². The number of methoxy groups -OCH3 is 2. The number of nitrogens with one attached hydrogen (secondary N) is 1. The Labute approximate surface area is 103 Å². The lowest BCUT2D eigenvalue weighted by atomic mass is 9.91. The third-order valence-electron chi connectivity index (χ3n) is 3.43. The second-order valence-electron chi connectivity index (χ2n) is 4.59. The van der Waals surface area contributed by atoms with E-state index in [1.165, 1.54) is 18.4 Å². The van der Waals surface area contributed by atoms with Crippen molar-refractivity contribution < 1.29 is 9.47 Å². The minimum Gasteiger partial charge on any atom is -0.493 e. The van der Waals surface area contributed by atoms with E-state index in [2.05, 4.69) is 17.4 Å². The quantitative estimate of drug-likeness (QED) is 0.868. The van der Waals surface area contributed by atoms with Crippen LogP contribution in [0, 0.1) is 5.92 Å². The van der Waals surface area contributed by atoms with Crippen LogP contribution in [0.15, 0.2) is 18.2 Å². The summed E-state index contributed by atoms with van der Waals surface area (Å²) in [5, 5.41) is 3.40. The Bertz CT molecular complexity index is 359. The van der Waals surface area contributed by atoms with Gasteiger partial charge in [0.2, 0.25) is 0 Å². The highest BCUT2D eigenvalue weighted by Gasteiger charge is 2.14. The van der Waals surface area contributed by atoms with Crippen molar-refractivity contribution in [3.05, 3.63) is 23.8 Å². The van der Waals surface area contributed by atoms with E-state index in [1.54, 1.807) is 14.2 Å². The summed E-state index contributed by atoms with van der Waals surface area (Å²) in [6.45, 7) is 2.30. The lowest BCUT2D eigenvalue weighted by Gasteiger charge is -2.22. The van der Waals surface area contributed by atoms with Crippen LogP contribution in [0.1, 0.15) is 18.4 Å². The Kier molecular flexibility index (Phi) is 4.26. The van der Waals surface area contributed by atoms with Gasteiger partial charge in [-0.05, 0) is 56.0 Å². The summed E-state index contributed by atoms with van der Waals surface area (Å²) in [7, 11) is 3.36. The van der Waals surface area contributed by atoms with Crippen molar-refractivity contribution >= 4 is 0 Å². The second kappa shape index (κ2) is 5.92. The fourth-order valence-corrected chi connectivity index (χ4v) is 2.43. The maximum Gasteiger partial charge on any atom is 0.160 e. The number of piperidine rings is 1. The molecule has 0 atom stereocenters. The molecular formula is C14H21NO2.